The van der Waals surface area contributed by atoms with Gasteiger partial charge in [0.1, 0.15) is 5.67 Å². The van der Waals surface area contributed by atoms with E-state index in [0.29, 0.717) is 12.3 Å². The minimum absolute atomic E-state index is 0.174. The van der Waals surface area contributed by atoms with E-state index in [0.717, 1.165) is 0 Å². The highest BCUT2D eigenvalue weighted by Gasteiger charge is 2.57. The summed E-state index contributed by atoms with van der Waals surface area (Å²) in [4.78, 5) is 11.0. The van der Waals surface area contributed by atoms with E-state index >= 15 is 0 Å². The minimum atomic E-state index is -1.26. The van der Waals surface area contributed by atoms with E-state index in [2.05, 4.69) is 0 Å². The smallest absolute Gasteiger partial charge is 0.309 e. The van der Waals surface area contributed by atoms with E-state index in [1.54, 1.807) is 0 Å². The summed E-state index contributed by atoms with van der Waals surface area (Å²) in [5, 5.41) is 9.00. The Balaban J connectivity index is 2.66. The Morgan fingerprint density at radius 1 is 1.54 bits per heavy atom. The Morgan fingerprint density at radius 2 is 2.00 bits per heavy atom. The number of rotatable bonds is 3. The van der Waals surface area contributed by atoms with Crippen LogP contribution in [-0.4, -0.2) is 16.7 Å². The Bertz CT molecular complexity index is 207. The van der Waals surface area contributed by atoms with Crippen LogP contribution >= 0.6 is 0 Å². The summed E-state index contributed by atoms with van der Waals surface area (Å²) in [6, 6.07) is 0. The van der Waals surface area contributed by atoms with Gasteiger partial charge in [0.2, 0.25) is 0 Å². The van der Waals surface area contributed by atoms with Gasteiger partial charge < -0.3 is 5.11 Å². The lowest BCUT2D eigenvalue weighted by Crippen LogP contribution is -2.52. The number of hydrogen-bond donors (Lipinski definition) is 1. The van der Waals surface area contributed by atoms with Crippen molar-refractivity contribution in [3.63, 3.8) is 0 Å². The molecule has 1 aliphatic rings. The van der Waals surface area contributed by atoms with Crippen LogP contribution in [0.1, 0.15) is 40.0 Å². The largest absolute Gasteiger partial charge is 0.481 e. The highest BCUT2D eigenvalue weighted by molar-refractivity contribution is 5.76. The van der Waals surface area contributed by atoms with Gasteiger partial charge in [-0.3, -0.25) is 4.79 Å². The third kappa shape index (κ3) is 2.01. The van der Waals surface area contributed by atoms with E-state index in [4.69, 9.17) is 5.11 Å². The summed E-state index contributed by atoms with van der Waals surface area (Å²) in [5.41, 5.74) is -2.04. The molecule has 0 heterocycles. The van der Waals surface area contributed by atoms with Gasteiger partial charge in [-0.15, -0.1) is 0 Å². The Morgan fingerprint density at radius 3 is 2.23 bits per heavy atom. The fraction of sp³-hybridized carbons (Fsp3) is 0.900. The Kier molecular flexibility index (Phi) is 2.39. The van der Waals surface area contributed by atoms with E-state index in [-0.39, 0.29) is 12.8 Å². The maximum absolute atomic E-state index is 13.2. The van der Waals surface area contributed by atoms with Crippen molar-refractivity contribution in [3.8, 4) is 0 Å². The van der Waals surface area contributed by atoms with Crippen LogP contribution in [0.25, 0.3) is 0 Å². The van der Waals surface area contributed by atoms with Crippen LogP contribution in [0.15, 0.2) is 0 Å². The van der Waals surface area contributed by atoms with Crippen molar-refractivity contribution in [2.45, 2.75) is 45.7 Å². The van der Waals surface area contributed by atoms with Crippen molar-refractivity contribution >= 4 is 5.97 Å². The van der Waals surface area contributed by atoms with Crippen molar-refractivity contribution in [2.75, 3.05) is 0 Å². The molecule has 76 valence electrons. The molecule has 1 saturated carbocycles. The molecule has 1 fully saturated rings. The molecule has 1 N–H and O–H groups in total. The molecular formula is C10H17FO2. The van der Waals surface area contributed by atoms with Crippen LogP contribution in [0.2, 0.25) is 0 Å². The number of halogens is 1. The molecule has 0 aromatic carbocycles. The average Bonchev–Trinajstić information content (AvgIpc) is 1.80. The highest BCUT2D eigenvalue weighted by atomic mass is 19.1. The maximum atomic E-state index is 13.2. The van der Waals surface area contributed by atoms with E-state index < -0.39 is 17.1 Å². The first kappa shape index (κ1) is 10.5. The molecule has 2 nitrogen and oxygen atoms in total. The standard InChI is InChI=1S/C10H17FO2/c1-7(2)4-10(8(12)13)5-9(3,11)6-10/h7H,4-6H2,1-3H3,(H,12,13). The first-order chi connectivity index (χ1) is 5.77. The molecule has 13 heavy (non-hydrogen) atoms. The number of carboxylic acid groups (broad SMARTS) is 1. The van der Waals surface area contributed by atoms with Crippen molar-refractivity contribution in [2.24, 2.45) is 11.3 Å². The summed E-state index contributed by atoms with van der Waals surface area (Å²) in [6.07, 6.45) is 0.933. The molecule has 1 rings (SSSR count). The molecule has 0 spiro atoms. The molecule has 0 atom stereocenters. The van der Waals surface area contributed by atoms with Gasteiger partial charge in [0.25, 0.3) is 0 Å². The number of alkyl halides is 1. The van der Waals surface area contributed by atoms with E-state index in [1.807, 2.05) is 13.8 Å². The zero-order valence-electron chi connectivity index (χ0n) is 8.43. The fourth-order valence-corrected chi connectivity index (χ4v) is 2.52. The molecule has 0 aromatic heterocycles. The lowest BCUT2D eigenvalue weighted by atomic mass is 9.58. The molecule has 3 heteroatoms. The molecule has 1 aliphatic carbocycles. The molecule has 0 unspecified atom stereocenters. The van der Waals surface area contributed by atoms with Gasteiger partial charge in [-0.2, -0.15) is 0 Å². The third-order valence-electron chi connectivity index (χ3n) is 2.67. The first-order valence-electron chi connectivity index (χ1n) is 4.70. The fourth-order valence-electron chi connectivity index (χ4n) is 2.52. The van der Waals surface area contributed by atoms with Crippen LogP contribution in [0.4, 0.5) is 4.39 Å². The number of aliphatic carboxylic acids is 1. The first-order valence-corrected chi connectivity index (χ1v) is 4.70. The predicted molar refractivity (Wildman–Crippen MR) is 48.3 cm³/mol. The second kappa shape index (κ2) is 2.96. The second-order valence-corrected chi connectivity index (χ2v) is 4.95. The average molecular weight is 188 g/mol. The molecule has 0 amide bonds. The summed E-state index contributed by atoms with van der Waals surface area (Å²) in [7, 11) is 0. The molecule has 0 aliphatic heterocycles. The molecular weight excluding hydrogens is 171 g/mol. The minimum Gasteiger partial charge on any atom is -0.481 e. The van der Waals surface area contributed by atoms with Gasteiger partial charge in [0.05, 0.1) is 5.41 Å². The van der Waals surface area contributed by atoms with E-state index in [1.165, 1.54) is 6.92 Å². The van der Waals surface area contributed by atoms with Gasteiger partial charge in [-0.1, -0.05) is 13.8 Å². The van der Waals surface area contributed by atoms with E-state index in [9.17, 15) is 9.18 Å². The molecule has 0 saturated heterocycles. The van der Waals surface area contributed by atoms with Crippen LogP contribution in [0.3, 0.4) is 0 Å². The molecule has 0 bridgehead atoms. The Hall–Kier alpha value is -0.600. The summed E-state index contributed by atoms with van der Waals surface area (Å²) in [5.74, 6) is -0.525. The zero-order valence-corrected chi connectivity index (χ0v) is 8.43. The van der Waals surface area contributed by atoms with Gasteiger partial charge in [0.15, 0.2) is 0 Å². The lowest BCUT2D eigenvalue weighted by molar-refractivity contribution is -0.169. The van der Waals surface area contributed by atoms with Gasteiger partial charge in [0, 0.05) is 0 Å². The summed E-state index contributed by atoms with van der Waals surface area (Å²) < 4.78 is 13.2. The number of hydrogen-bond acceptors (Lipinski definition) is 1. The summed E-state index contributed by atoms with van der Waals surface area (Å²) >= 11 is 0. The van der Waals surface area contributed by atoms with Crippen LogP contribution in [-0.2, 0) is 4.79 Å². The summed E-state index contributed by atoms with van der Waals surface area (Å²) in [6.45, 7) is 5.42. The predicted octanol–water partition coefficient (Wildman–Crippen LogP) is 2.63. The number of carboxylic acids is 1. The van der Waals surface area contributed by atoms with Crippen molar-refractivity contribution in [1.29, 1.82) is 0 Å². The van der Waals surface area contributed by atoms with Crippen molar-refractivity contribution in [3.05, 3.63) is 0 Å². The van der Waals surface area contributed by atoms with Crippen LogP contribution in [0.5, 0.6) is 0 Å². The topological polar surface area (TPSA) is 37.3 Å². The highest BCUT2D eigenvalue weighted by Crippen LogP contribution is 2.54. The SMILES string of the molecule is CC(C)CC1(C(=O)O)CC(C)(F)C1. The molecule has 0 radical (unpaired) electrons. The second-order valence-electron chi connectivity index (χ2n) is 4.95. The monoisotopic (exact) mass is 188 g/mol. The molecule has 0 aromatic rings. The quantitative estimate of drug-likeness (QED) is 0.739. The van der Waals surface area contributed by atoms with Gasteiger partial charge >= 0.3 is 5.97 Å². The van der Waals surface area contributed by atoms with Gasteiger partial charge in [-0.05, 0) is 32.1 Å². The lowest BCUT2D eigenvalue weighted by Gasteiger charge is -2.48. The van der Waals surface area contributed by atoms with Crippen molar-refractivity contribution in [1.82, 2.24) is 0 Å². The maximum Gasteiger partial charge on any atom is 0.309 e. The van der Waals surface area contributed by atoms with Gasteiger partial charge in [-0.25, -0.2) is 4.39 Å². The van der Waals surface area contributed by atoms with Crippen molar-refractivity contribution < 1.29 is 14.3 Å². The van der Waals surface area contributed by atoms with Crippen LogP contribution < -0.4 is 0 Å². The number of carbonyl (C=O) groups is 1. The van der Waals surface area contributed by atoms with Crippen LogP contribution in [0, 0.1) is 11.3 Å². The Labute approximate surface area is 78.1 Å². The zero-order chi connectivity index (χ0) is 10.3. The normalized spacial score (nSPS) is 38.8. The third-order valence-corrected chi connectivity index (χ3v) is 2.67.